The van der Waals surface area contributed by atoms with Gasteiger partial charge in [0.05, 0.1) is 11.5 Å². The van der Waals surface area contributed by atoms with Gasteiger partial charge in [-0.05, 0) is 44.0 Å². The Labute approximate surface area is 96.7 Å². The summed E-state index contributed by atoms with van der Waals surface area (Å²) in [7, 11) is 2.10. The second kappa shape index (κ2) is 4.63. The largest absolute Gasteiger partial charge is 0.304 e. The minimum atomic E-state index is -0.0208. The summed E-state index contributed by atoms with van der Waals surface area (Å²) in [4.78, 5) is 6.26. The lowest BCUT2D eigenvalue weighted by Crippen LogP contribution is -2.28. The number of nitrogens with zero attached hydrogens (tertiary/aromatic N) is 3. The number of rotatable bonds is 5. The van der Waals surface area contributed by atoms with Crippen LogP contribution in [0.2, 0.25) is 0 Å². The average Bonchev–Trinajstić information content (AvgIpc) is 3.08. The van der Waals surface area contributed by atoms with Crippen LogP contribution in [0.25, 0.3) is 0 Å². The highest BCUT2D eigenvalue weighted by Gasteiger charge is 2.43. The van der Waals surface area contributed by atoms with E-state index in [1.807, 2.05) is 24.5 Å². The molecule has 0 unspecified atom stereocenters. The molecule has 3 heteroatoms. The van der Waals surface area contributed by atoms with E-state index in [1.54, 1.807) is 0 Å². The topological polar surface area (TPSA) is 39.9 Å². The van der Waals surface area contributed by atoms with Crippen molar-refractivity contribution < 1.29 is 0 Å². The van der Waals surface area contributed by atoms with E-state index in [4.69, 9.17) is 5.26 Å². The van der Waals surface area contributed by atoms with Crippen molar-refractivity contribution in [2.75, 3.05) is 20.1 Å². The fraction of sp³-hybridized carbons (Fsp3) is 0.538. The summed E-state index contributed by atoms with van der Waals surface area (Å²) in [5.74, 6) is 0. The maximum absolute atomic E-state index is 9.01. The molecule has 3 nitrogen and oxygen atoms in total. The second-order valence-electron chi connectivity index (χ2n) is 4.74. The van der Waals surface area contributed by atoms with Crippen molar-refractivity contribution in [2.24, 2.45) is 5.41 Å². The first-order valence-electron chi connectivity index (χ1n) is 5.73. The van der Waals surface area contributed by atoms with Crippen LogP contribution in [0.15, 0.2) is 24.5 Å². The van der Waals surface area contributed by atoms with E-state index in [1.165, 1.54) is 5.56 Å². The van der Waals surface area contributed by atoms with Crippen LogP contribution in [0, 0.1) is 16.7 Å². The van der Waals surface area contributed by atoms with Crippen LogP contribution in [0.4, 0.5) is 0 Å². The predicted octanol–water partition coefficient (Wildman–Crippen LogP) is 1.86. The number of hydrogen-bond donors (Lipinski definition) is 0. The molecule has 2 rings (SSSR count). The Kier molecular flexibility index (Phi) is 3.21. The molecular formula is C13H17N3. The third-order valence-electron chi connectivity index (χ3n) is 3.19. The van der Waals surface area contributed by atoms with Gasteiger partial charge in [-0.3, -0.25) is 4.98 Å². The fourth-order valence-electron chi connectivity index (χ4n) is 1.92. The summed E-state index contributed by atoms with van der Waals surface area (Å²) in [6, 6.07) is 6.52. The molecule has 1 aliphatic rings. The highest BCUT2D eigenvalue weighted by Crippen LogP contribution is 2.45. The molecule has 1 fully saturated rings. The molecule has 1 heterocycles. The van der Waals surface area contributed by atoms with Crippen LogP contribution in [-0.4, -0.2) is 30.0 Å². The van der Waals surface area contributed by atoms with Gasteiger partial charge in [-0.25, -0.2) is 0 Å². The summed E-state index contributed by atoms with van der Waals surface area (Å²) in [6.45, 7) is 1.92. The number of aromatic nitrogens is 1. The van der Waals surface area contributed by atoms with Crippen molar-refractivity contribution >= 4 is 0 Å². The molecule has 0 amide bonds. The molecule has 0 radical (unpaired) electrons. The van der Waals surface area contributed by atoms with E-state index in [-0.39, 0.29) is 5.41 Å². The van der Waals surface area contributed by atoms with Crippen LogP contribution < -0.4 is 0 Å². The van der Waals surface area contributed by atoms with Crippen molar-refractivity contribution in [3.05, 3.63) is 30.1 Å². The normalized spacial score (nSPS) is 17.1. The van der Waals surface area contributed by atoms with E-state index in [2.05, 4.69) is 23.0 Å². The average molecular weight is 215 g/mol. The van der Waals surface area contributed by atoms with Crippen LogP contribution in [0.3, 0.4) is 0 Å². The summed E-state index contributed by atoms with van der Waals surface area (Å²) in [5, 5.41) is 9.01. The van der Waals surface area contributed by atoms with Gasteiger partial charge in [-0.2, -0.15) is 5.26 Å². The number of likely N-dealkylation sites (N-methyl/N-ethyl adjacent to an activating group) is 1. The molecule has 1 aromatic heterocycles. The molecular weight excluding hydrogens is 198 g/mol. The fourth-order valence-corrected chi connectivity index (χ4v) is 1.92. The molecule has 1 aliphatic carbocycles. The Bertz CT molecular complexity index is 376. The molecule has 0 saturated heterocycles. The van der Waals surface area contributed by atoms with E-state index in [0.717, 1.165) is 32.4 Å². The molecule has 1 aromatic rings. The Morgan fingerprint density at radius 2 is 2.12 bits per heavy atom. The molecule has 0 atom stereocenters. The van der Waals surface area contributed by atoms with Gasteiger partial charge in [0.25, 0.3) is 0 Å². The first-order chi connectivity index (χ1) is 7.74. The Hall–Kier alpha value is -1.40. The molecule has 16 heavy (non-hydrogen) atoms. The molecule has 0 aliphatic heterocycles. The lowest BCUT2D eigenvalue weighted by molar-refractivity contribution is 0.297. The third kappa shape index (κ3) is 2.80. The Balaban J connectivity index is 1.76. The smallest absolute Gasteiger partial charge is 0.0703 e. The lowest BCUT2D eigenvalue weighted by atomic mass is 10.1. The zero-order chi connectivity index (χ0) is 11.4. The zero-order valence-corrected chi connectivity index (χ0v) is 9.69. The minimum Gasteiger partial charge on any atom is -0.304 e. The van der Waals surface area contributed by atoms with E-state index >= 15 is 0 Å². The summed E-state index contributed by atoms with van der Waals surface area (Å²) in [6.07, 6.45) is 6.83. The maximum atomic E-state index is 9.01. The van der Waals surface area contributed by atoms with Crippen molar-refractivity contribution in [1.29, 1.82) is 5.26 Å². The third-order valence-corrected chi connectivity index (χ3v) is 3.19. The van der Waals surface area contributed by atoms with Crippen LogP contribution >= 0.6 is 0 Å². The predicted molar refractivity (Wildman–Crippen MR) is 62.7 cm³/mol. The van der Waals surface area contributed by atoms with Gasteiger partial charge in [0.15, 0.2) is 0 Å². The highest BCUT2D eigenvalue weighted by molar-refractivity contribution is 5.12. The van der Waals surface area contributed by atoms with Crippen LogP contribution in [0.1, 0.15) is 18.4 Å². The SMILES string of the molecule is CN(CCc1ccncc1)CC1(C#N)CC1. The lowest BCUT2D eigenvalue weighted by Gasteiger charge is -2.19. The first-order valence-corrected chi connectivity index (χ1v) is 5.73. The molecule has 0 aromatic carbocycles. The monoisotopic (exact) mass is 215 g/mol. The second-order valence-corrected chi connectivity index (χ2v) is 4.74. The van der Waals surface area contributed by atoms with Gasteiger partial charge in [-0.1, -0.05) is 0 Å². The molecule has 0 bridgehead atoms. The molecule has 1 saturated carbocycles. The van der Waals surface area contributed by atoms with Crippen molar-refractivity contribution in [1.82, 2.24) is 9.88 Å². The number of nitriles is 1. The van der Waals surface area contributed by atoms with Gasteiger partial charge in [-0.15, -0.1) is 0 Å². The Morgan fingerprint density at radius 1 is 1.44 bits per heavy atom. The van der Waals surface area contributed by atoms with Crippen LogP contribution in [-0.2, 0) is 6.42 Å². The highest BCUT2D eigenvalue weighted by atomic mass is 15.1. The summed E-state index contributed by atoms with van der Waals surface area (Å²) < 4.78 is 0. The van der Waals surface area contributed by atoms with Gasteiger partial charge < -0.3 is 4.90 Å². The quantitative estimate of drug-likeness (QED) is 0.752. The van der Waals surface area contributed by atoms with Crippen molar-refractivity contribution in [2.45, 2.75) is 19.3 Å². The van der Waals surface area contributed by atoms with E-state index < -0.39 is 0 Å². The maximum Gasteiger partial charge on any atom is 0.0703 e. The van der Waals surface area contributed by atoms with Crippen molar-refractivity contribution in [3.8, 4) is 6.07 Å². The molecule has 0 spiro atoms. The van der Waals surface area contributed by atoms with Gasteiger partial charge >= 0.3 is 0 Å². The summed E-state index contributed by atoms with van der Waals surface area (Å²) >= 11 is 0. The van der Waals surface area contributed by atoms with Crippen LogP contribution in [0.5, 0.6) is 0 Å². The van der Waals surface area contributed by atoms with Gasteiger partial charge in [0.1, 0.15) is 0 Å². The molecule has 84 valence electrons. The molecule has 0 N–H and O–H groups in total. The number of pyridine rings is 1. The van der Waals surface area contributed by atoms with Gasteiger partial charge in [0.2, 0.25) is 0 Å². The minimum absolute atomic E-state index is 0.0208. The summed E-state index contributed by atoms with van der Waals surface area (Å²) in [5.41, 5.74) is 1.29. The standard InChI is InChI=1S/C13H17N3/c1-16(11-13(10-14)5-6-13)9-4-12-2-7-15-8-3-12/h2-3,7-8H,4-6,9,11H2,1H3. The number of hydrogen-bond acceptors (Lipinski definition) is 3. The van der Waals surface area contributed by atoms with Gasteiger partial charge in [0, 0.05) is 25.5 Å². The van der Waals surface area contributed by atoms with E-state index in [9.17, 15) is 0 Å². The van der Waals surface area contributed by atoms with Crippen molar-refractivity contribution in [3.63, 3.8) is 0 Å². The Morgan fingerprint density at radius 3 is 2.69 bits per heavy atom. The van der Waals surface area contributed by atoms with E-state index in [0.29, 0.717) is 0 Å². The zero-order valence-electron chi connectivity index (χ0n) is 9.69. The first kappa shape index (κ1) is 11.1.